The van der Waals surface area contributed by atoms with Gasteiger partial charge in [0.25, 0.3) is 5.91 Å². The molecule has 0 unspecified atom stereocenters. The van der Waals surface area contributed by atoms with Crippen LogP contribution in [0.4, 0.5) is 0 Å². The number of phenolic OH excluding ortho intramolecular Hbond substituents is 1. The van der Waals surface area contributed by atoms with Crippen LogP contribution in [0.5, 0.6) is 11.5 Å². The van der Waals surface area contributed by atoms with Crippen LogP contribution in [-0.2, 0) is 4.79 Å². The molecular formula is C16H14BrClN2O3. The predicted molar refractivity (Wildman–Crippen MR) is 93.1 cm³/mol. The highest BCUT2D eigenvalue weighted by Gasteiger charge is 2.07. The molecular weight excluding hydrogens is 384 g/mol. The number of aromatic hydroxyl groups is 1. The van der Waals surface area contributed by atoms with Crippen LogP contribution in [0, 0.1) is 0 Å². The Kier molecular flexibility index (Phi) is 6.01. The van der Waals surface area contributed by atoms with Gasteiger partial charge in [0.15, 0.2) is 6.61 Å². The molecule has 0 aliphatic rings. The fourth-order valence-electron chi connectivity index (χ4n) is 1.75. The normalized spacial score (nSPS) is 11.2. The second-order valence-electron chi connectivity index (χ2n) is 4.61. The Morgan fingerprint density at radius 1 is 1.35 bits per heavy atom. The molecule has 1 amide bonds. The lowest BCUT2D eigenvalue weighted by atomic mass is 10.1. The van der Waals surface area contributed by atoms with Gasteiger partial charge in [-0.15, -0.1) is 0 Å². The molecule has 2 N–H and O–H groups in total. The van der Waals surface area contributed by atoms with Crippen molar-refractivity contribution in [2.75, 3.05) is 6.61 Å². The van der Waals surface area contributed by atoms with E-state index in [1.807, 2.05) is 0 Å². The number of phenols is 1. The highest BCUT2D eigenvalue weighted by atomic mass is 79.9. The Balaban J connectivity index is 1.92. The van der Waals surface area contributed by atoms with Crippen molar-refractivity contribution in [3.63, 3.8) is 0 Å². The van der Waals surface area contributed by atoms with Crippen molar-refractivity contribution in [2.24, 2.45) is 5.10 Å². The van der Waals surface area contributed by atoms with Gasteiger partial charge in [-0.3, -0.25) is 4.79 Å². The number of amides is 1. The number of nitrogens with one attached hydrogen (secondary N) is 1. The minimum Gasteiger partial charge on any atom is -0.507 e. The molecule has 0 saturated carbocycles. The van der Waals surface area contributed by atoms with E-state index in [4.69, 9.17) is 16.3 Å². The molecule has 2 aromatic carbocycles. The first-order chi connectivity index (χ1) is 11.0. The summed E-state index contributed by atoms with van der Waals surface area (Å²) >= 11 is 9.13. The van der Waals surface area contributed by atoms with E-state index in [9.17, 15) is 9.90 Å². The molecule has 5 nitrogen and oxygen atoms in total. The topological polar surface area (TPSA) is 70.9 Å². The maximum atomic E-state index is 11.8. The van der Waals surface area contributed by atoms with Crippen molar-refractivity contribution in [3.8, 4) is 11.5 Å². The van der Waals surface area contributed by atoms with Crippen molar-refractivity contribution in [1.82, 2.24) is 5.43 Å². The summed E-state index contributed by atoms with van der Waals surface area (Å²) in [6.07, 6.45) is 0. The molecule has 7 heteroatoms. The molecule has 0 fully saturated rings. The van der Waals surface area contributed by atoms with E-state index in [1.54, 1.807) is 49.4 Å². The summed E-state index contributed by atoms with van der Waals surface area (Å²) < 4.78 is 6.04. The van der Waals surface area contributed by atoms with E-state index in [0.717, 1.165) is 0 Å². The van der Waals surface area contributed by atoms with E-state index in [0.29, 0.717) is 26.5 Å². The van der Waals surface area contributed by atoms with Crippen LogP contribution in [0.1, 0.15) is 12.5 Å². The van der Waals surface area contributed by atoms with E-state index in [-0.39, 0.29) is 12.4 Å². The predicted octanol–water partition coefficient (Wildman–Crippen LogP) is 3.73. The molecule has 2 aromatic rings. The van der Waals surface area contributed by atoms with Crippen molar-refractivity contribution >= 4 is 39.1 Å². The number of nitrogens with zero attached hydrogens (tertiary/aromatic N) is 1. The summed E-state index contributed by atoms with van der Waals surface area (Å²) in [5.74, 6) is 0.192. The molecule has 0 saturated heterocycles. The van der Waals surface area contributed by atoms with Crippen molar-refractivity contribution < 1.29 is 14.6 Å². The van der Waals surface area contributed by atoms with Gasteiger partial charge in [-0.05, 0) is 53.2 Å². The van der Waals surface area contributed by atoms with Gasteiger partial charge in [-0.1, -0.05) is 23.7 Å². The van der Waals surface area contributed by atoms with Gasteiger partial charge in [0.2, 0.25) is 0 Å². The summed E-state index contributed by atoms with van der Waals surface area (Å²) in [7, 11) is 0. The highest BCUT2D eigenvalue weighted by Crippen LogP contribution is 2.27. The summed E-state index contributed by atoms with van der Waals surface area (Å²) in [6, 6.07) is 11.8. The maximum Gasteiger partial charge on any atom is 0.277 e. The van der Waals surface area contributed by atoms with Crippen molar-refractivity contribution in [3.05, 3.63) is 57.5 Å². The monoisotopic (exact) mass is 396 g/mol. The van der Waals surface area contributed by atoms with Crippen LogP contribution >= 0.6 is 27.5 Å². The Morgan fingerprint density at radius 2 is 2.09 bits per heavy atom. The lowest BCUT2D eigenvalue weighted by Crippen LogP contribution is -2.25. The van der Waals surface area contributed by atoms with E-state index >= 15 is 0 Å². The quantitative estimate of drug-likeness (QED) is 0.596. The standard InChI is InChI=1S/C16H14BrClN2O3/c1-10(12-4-2-3-5-14(12)21)19-20-16(22)9-23-15-7-6-11(18)8-13(15)17/h2-8,21H,9H2,1H3,(H,20,22)/b19-10+. The van der Waals surface area contributed by atoms with Crippen LogP contribution in [0.2, 0.25) is 5.02 Å². The third-order valence-corrected chi connectivity index (χ3v) is 3.75. The van der Waals surface area contributed by atoms with Gasteiger partial charge in [0.1, 0.15) is 11.5 Å². The Labute approximate surface area is 147 Å². The largest absolute Gasteiger partial charge is 0.507 e. The van der Waals surface area contributed by atoms with E-state index < -0.39 is 5.91 Å². The lowest BCUT2D eigenvalue weighted by Gasteiger charge is -2.08. The number of hydrogen-bond donors (Lipinski definition) is 2. The molecule has 0 heterocycles. The molecule has 0 spiro atoms. The van der Waals surface area contributed by atoms with Crippen LogP contribution in [0.25, 0.3) is 0 Å². The number of benzene rings is 2. The first-order valence-corrected chi connectivity index (χ1v) is 7.84. The molecule has 120 valence electrons. The van der Waals surface area contributed by atoms with E-state index in [1.165, 1.54) is 0 Å². The van der Waals surface area contributed by atoms with Gasteiger partial charge >= 0.3 is 0 Å². The molecule has 2 rings (SSSR count). The lowest BCUT2D eigenvalue weighted by molar-refractivity contribution is -0.123. The molecule has 0 aliphatic carbocycles. The number of rotatable bonds is 5. The summed E-state index contributed by atoms with van der Waals surface area (Å²) in [6.45, 7) is 1.49. The minimum atomic E-state index is -0.415. The molecule has 0 atom stereocenters. The van der Waals surface area contributed by atoms with Crippen LogP contribution in [0.3, 0.4) is 0 Å². The Morgan fingerprint density at radius 3 is 2.78 bits per heavy atom. The number of hydrogen-bond acceptors (Lipinski definition) is 4. The summed E-state index contributed by atoms with van der Waals surface area (Å²) in [5, 5.41) is 14.2. The number of hydrazone groups is 1. The number of ether oxygens (including phenoxy) is 1. The average molecular weight is 398 g/mol. The van der Waals surface area contributed by atoms with Crippen LogP contribution in [-0.4, -0.2) is 23.3 Å². The Bertz CT molecular complexity index is 750. The van der Waals surface area contributed by atoms with E-state index in [2.05, 4.69) is 26.5 Å². The smallest absolute Gasteiger partial charge is 0.277 e. The van der Waals surface area contributed by atoms with Gasteiger partial charge in [0.05, 0.1) is 10.2 Å². The second kappa shape index (κ2) is 7.99. The summed E-state index contributed by atoms with van der Waals surface area (Å²) in [4.78, 5) is 11.8. The maximum absolute atomic E-state index is 11.8. The Hall–Kier alpha value is -2.05. The second-order valence-corrected chi connectivity index (χ2v) is 5.90. The summed E-state index contributed by atoms with van der Waals surface area (Å²) in [5.41, 5.74) is 3.42. The average Bonchev–Trinajstić information content (AvgIpc) is 2.52. The first-order valence-electron chi connectivity index (χ1n) is 6.66. The number of carbonyl (C=O) groups excluding carboxylic acids is 1. The van der Waals surface area contributed by atoms with Gasteiger partial charge in [-0.25, -0.2) is 5.43 Å². The molecule has 0 bridgehead atoms. The van der Waals surface area contributed by atoms with Crippen LogP contribution < -0.4 is 10.2 Å². The van der Waals surface area contributed by atoms with Crippen molar-refractivity contribution in [1.29, 1.82) is 0 Å². The molecule has 0 radical (unpaired) electrons. The zero-order valence-electron chi connectivity index (χ0n) is 12.2. The minimum absolute atomic E-state index is 0.101. The third-order valence-electron chi connectivity index (χ3n) is 2.89. The number of halogens is 2. The first kappa shape index (κ1) is 17.3. The third kappa shape index (κ3) is 4.97. The molecule has 0 aliphatic heterocycles. The van der Waals surface area contributed by atoms with Gasteiger partial charge < -0.3 is 9.84 Å². The van der Waals surface area contributed by atoms with Crippen LogP contribution in [0.15, 0.2) is 52.0 Å². The van der Waals surface area contributed by atoms with Gasteiger partial charge in [-0.2, -0.15) is 5.10 Å². The van der Waals surface area contributed by atoms with Gasteiger partial charge in [0, 0.05) is 10.6 Å². The SMILES string of the molecule is C/C(=N\NC(=O)COc1ccc(Cl)cc1Br)c1ccccc1O. The molecule has 23 heavy (non-hydrogen) atoms. The molecule has 0 aromatic heterocycles. The highest BCUT2D eigenvalue weighted by molar-refractivity contribution is 9.10. The zero-order chi connectivity index (χ0) is 16.8. The number of carbonyl (C=O) groups is 1. The van der Waals surface area contributed by atoms with Crippen molar-refractivity contribution in [2.45, 2.75) is 6.92 Å². The zero-order valence-corrected chi connectivity index (χ0v) is 14.6. The fourth-order valence-corrected chi connectivity index (χ4v) is 2.55. The number of para-hydroxylation sites is 1. The fraction of sp³-hybridized carbons (Fsp3) is 0.125.